The molecule has 1 aliphatic rings. The van der Waals surface area contributed by atoms with Crippen molar-refractivity contribution in [1.29, 1.82) is 0 Å². The van der Waals surface area contributed by atoms with E-state index in [9.17, 15) is 9.50 Å². The highest BCUT2D eigenvalue weighted by Crippen LogP contribution is 2.43. The molecular weight excluding hydrogens is 279 g/mol. The number of imidazole rings is 1. The zero-order valence-electron chi connectivity index (χ0n) is 11.7. The molecule has 21 heavy (non-hydrogen) atoms. The first-order chi connectivity index (χ1) is 9.86. The third-order valence-corrected chi connectivity index (χ3v) is 3.84. The molecule has 0 radical (unpaired) electrons. The number of ether oxygens (including phenoxy) is 1. The van der Waals surface area contributed by atoms with Gasteiger partial charge in [-0.25, -0.2) is 9.37 Å². The van der Waals surface area contributed by atoms with Crippen molar-refractivity contribution in [2.45, 2.75) is 44.4 Å². The van der Waals surface area contributed by atoms with Crippen LogP contribution in [0, 0.1) is 0 Å². The maximum atomic E-state index is 14.9. The predicted molar refractivity (Wildman–Crippen MR) is 73.9 cm³/mol. The summed E-state index contributed by atoms with van der Waals surface area (Å²) in [5, 5.41) is 10.1. The van der Waals surface area contributed by atoms with Crippen LogP contribution >= 0.6 is 0 Å². The Kier molecular flexibility index (Phi) is 2.99. The highest BCUT2D eigenvalue weighted by molar-refractivity contribution is 5.82. The molecule has 3 rings (SSSR count). The molecule has 0 amide bonds. The lowest BCUT2D eigenvalue weighted by molar-refractivity contribution is -0.0458. The van der Waals surface area contributed by atoms with Crippen molar-refractivity contribution < 1.29 is 14.2 Å². The Morgan fingerprint density at radius 1 is 1.48 bits per heavy atom. The number of hydrogen-bond donors (Lipinski definition) is 3. The third kappa shape index (κ3) is 1.92. The van der Waals surface area contributed by atoms with Crippen LogP contribution in [0.2, 0.25) is 0 Å². The van der Waals surface area contributed by atoms with E-state index >= 15 is 0 Å². The first kappa shape index (κ1) is 14.0. The monoisotopic (exact) mass is 296 g/mol. The molecule has 5 N–H and O–H groups in total. The normalized spacial score (nSPS) is 32.9. The second-order valence-corrected chi connectivity index (χ2v) is 5.32. The van der Waals surface area contributed by atoms with Crippen LogP contribution in [0.4, 0.5) is 16.2 Å². The maximum Gasteiger partial charge on any atom is 0.224 e. The van der Waals surface area contributed by atoms with Crippen LogP contribution in [-0.2, 0) is 4.74 Å². The van der Waals surface area contributed by atoms with Crippen LogP contribution in [0.1, 0.15) is 26.5 Å². The van der Waals surface area contributed by atoms with Gasteiger partial charge in [0.2, 0.25) is 5.95 Å². The van der Waals surface area contributed by atoms with Gasteiger partial charge < -0.3 is 21.3 Å². The summed E-state index contributed by atoms with van der Waals surface area (Å²) < 4.78 is 21.9. The summed E-state index contributed by atoms with van der Waals surface area (Å²) in [4.78, 5) is 11.9. The fourth-order valence-electron chi connectivity index (χ4n) is 2.67. The minimum atomic E-state index is -1.98. The summed E-state index contributed by atoms with van der Waals surface area (Å²) >= 11 is 0. The fourth-order valence-corrected chi connectivity index (χ4v) is 2.67. The van der Waals surface area contributed by atoms with Gasteiger partial charge in [-0.2, -0.15) is 9.97 Å². The molecule has 114 valence electrons. The summed E-state index contributed by atoms with van der Waals surface area (Å²) in [6.07, 6.45) is -1.04. The Labute approximate surface area is 119 Å². The molecule has 9 heteroatoms. The SMILES string of the molecule is CC[C@H]1O[C@@H](n2cnc3c(N)nc(N)nc32)C(C)(F)[C@H]1O. The molecule has 8 nitrogen and oxygen atoms in total. The molecular formula is C12H17FN6O2. The number of alkyl halides is 1. The largest absolute Gasteiger partial charge is 0.387 e. The molecule has 4 atom stereocenters. The van der Waals surface area contributed by atoms with Crippen LogP contribution in [0.15, 0.2) is 6.33 Å². The van der Waals surface area contributed by atoms with E-state index in [4.69, 9.17) is 16.2 Å². The molecule has 0 aliphatic carbocycles. The number of hydrogen-bond acceptors (Lipinski definition) is 7. The summed E-state index contributed by atoms with van der Waals surface area (Å²) in [5.41, 5.74) is 9.91. The molecule has 1 fully saturated rings. The number of anilines is 2. The summed E-state index contributed by atoms with van der Waals surface area (Å²) in [6.45, 7) is 3.11. The number of nitrogens with zero attached hydrogens (tertiary/aromatic N) is 4. The van der Waals surface area contributed by atoms with E-state index in [-0.39, 0.29) is 17.4 Å². The van der Waals surface area contributed by atoms with Crippen LogP contribution in [0.25, 0.3) is 11.2 Å². The Morgan fingerprint density at radius 3 is 2.81 bits per heavy atom. The van der Waals surface area contributed by atoms with E-state index in [1.807, 2.05) is 6.92 Å². The summed E-state index contributed by atoms with van der Waals surface area (Å²) in [6, 6.07) is 0. The Hall–Kier alpha value is -2.00. The van der Waals surface area contributed by atoms with Gasteiger partial charge in [0.25, 0.3) is 0 Å². The van der Waals surface area contributed by atoms with Crippen molar-refractivity contribution in [3.8, 4) is 0 Å². The van der Waals surface area contributed by atoms with Crippen molar-refractivity contribution in [2.24, 2.45) is 0 Å². The van der Waals surface area contributed by atoms with E-state index in [0.29, 0.717) is 11.9 Å². The molecule has 2 aromatic rings. The number of nitrogen functional groups attached to an aromatic ring is 2. The first-order valence-electron chi connectivity index (χ1n) is 6.64. The van der Waals surface area contributed by atoms with Crippen LogP contribution in [0.3, 0.4) is 0 Å². The third-order valence-electron chi connectivity index (χ3n) is 3.84. The smallest absolute Gasteiger partial charge is 0.224 e. The van der Waals surface area contributed by atoms with Crippen molar-refractivity contribution in [1.82, 2.24) is 19.5 Å². The lowest BCUT2D eigenvalue weighted by Gasteiger charge is -2.24. The van der Waals surface area contributed by atoms with Gasteiger partial charge >= 0.3 is 0 Å². The number of rotatable bonds is 2. The van der Waals surface area contributed by atoms with E-state index in [0.717, 1.165) is 0 Å². The Bertz CT molecular complexity index is 688. The van der Waals surface area contributed by atoms with Crippen molar-refractivity contribution in [3.63, 3.8) is 0 Å². The fraction of sp³-hybridized carbons (Fsp3) is 0.583. The van der Waals surface area contributed by atoms with E-state index in [1.165, 1.54) is 17.8 Å². The minimum absolute atomic E-state index is 0.0344. The lowest BCUT2D eigenvalue weighted by Crippen LogP contribution is -2.39. The summed E-state index contributed by atoms with van der Waals surface area (Å²) in [5.74, 6) is 0.0790. The number of aliphatic hydroxyl groups excluding tert-OH is 1. The highest BCUT2D eigenvalue weighted by atomic mass is 19.1. The van der Waals surface area contributed by atoms with Gasteiger partial charge in [-0.3, -0.25) is 4.57 Å². The van der Waals surface area contributed by atoms with E-state index < -0.39 is 24.1 Å². The standard InChI is InChI=1S/C12H17FN6O2/c1-3-5-7(20)12(2,13)10(21-5)19-4-16-6-8(14)17-11(15)18-9(6)19/h4-5,7,10,20H,3H2,1-2H3,(H4,14,15,17,18)/t5-,7+,10-,12?/m1/s1. The van der Waals surface area contributed by atoms with Gasteiger partial charge in [0.15, 0.2) is 23.4 Å². The Morgan fingerprint density at radius 2 is 2.19 bits per heavy atom. The number of aromatic nitrogens is 4. The molecule has 0 bridgehead atoms. The van der Waals surface area contributed by atoms with E-state index in [1.54, 1.807) is 0 Å². The van der Waals surface area contributed by atoms with Crippen molar-refractivity contribution in [2.75, 3.05) is 11.5 Å². The van der Waals surface area contributed by atoms with Gasteiger partial charge in [0.05, 0.1) is 12.4 Å². The molecule has 3 heterocycles. The quantitative estimate of drug-likeness (QED) is 0.731. The highest BCUT2D eigenvalue weighted by Gasteiger charge is 2.54. The maximum absolute atomic E-state index is 14.9. The van der Waals surface area contributed by atoms with E-state index in [2.05, 4.69) is 15.0 Å². The molecule has 2 aromatic heterocycles. The van der Waals surface area contributed by atoms with Gasteiger partial charge in [0.1, 0.15) is 11.6 Å². The molecule has 0 saturated carbocycles. The number of halogens is 1. The molecule has 1 saturated heterocycles. The van der Waals surface area contributed by atoms with Crippen molar-refractivity contribution >= 4 is 22.9 Å². The molecule has 1 unspecified atom stereocenters. The zero-order chi connectivity index (χ0) is 15.4. The number of fused-ring (bicyclic) bond motifs is 1. The van der Waals surface area contributed by atoms with Gasteiger partial charge in [-0.1, -0.05) is 6.92 Å². The second kappa shape index (κ2) is 4.50. The molecule has 0 aromatic carbocycles. The molecule has 1 aliphatic heterocycles. The van der Waals surface area contributed by atoms with Crippen molar-refractivity contribution in [3.05, 3.63) is 6.33 Å². The van der Waals surface area contributed by atoms with Crippen LogP contribution in [-0.4, -0.2) is 42.5 Å². The second-order valence-electron chi connectivity index (χ2n) is 5.32. The van der Waals surface area contributed by atoms with Crippen LogP contribution < -0.4 is 11.5 Å². The topological polar surface area (TPSA) is 125 Å². The van der Waals surface area contributed by atoms with Gasteiger partial charge in [-0.05, 0) is 13.3 Å². The number of aliphatic hydroxyl groups is 1. The zero-order valence-corrected chi connectivity index (χ0v) is 11.7. The Balaban J connectivity index is 2.13. The van der Waals surface area contributed by atoms with Gasteiger partial charge in [-0.15, -0.1) is 0 Å². The summed E-state index contributed by atoms with van der Waals surface area (Å²) in [7, 11) is 0. The number of nitrogens with two attached hydrogens (primary N) is 2. The predicted octanol–water partition coefficient (Wildman–Crippen LogP) is 0.387. The first-order valence-corrected chi connectivity index (χ1v) is 6.64. The molecule has 0 spiro atoms. The lowest BCUT2D eigenvalue weighted by atomic mass is 9.97. The van der Waals surface area contributed by atoms with Gasteiger partial charge in [0, 0.05) is 0 Å². The van der Waals surface area contributed by atoms with Crippen LogP contribution in [0.5, 0.6) is 0 Å². The average Bonchev–Trinajstić information content (AvgIpc) is 2.91. The minimum Gasteiger partial charge on any atom is -0.387 e. The average molecular weight is 296 g/mol.